The van der Waals surface area contributed by atoms with Gasteiger partial charge in [-0.2, -0.15) is 13.2 Å². The van der Waals surface area contributed by atoms with Crippen LogP contribution in [0.25, 0.3) is 0 Å². The number of amides is 3. The van der Waals surface area contributed by atoms with Crippen LogP contribution in [0, 0.1) is 0 Å². The van der Waals surface area contributed by atoms with Crippen LogP contribution in [-0.4, -0.2) is 61.3 Å². The van der Waals surface area contributed by atoms with E-state index >= 15 is 0 Å². The molecule has 3 aromatic carbocycles. The summed E-state index contributed by atoms with van der Waals surface area (Å²) >= 11 is 0. The fraction of sp³-hybridized carbons (Fsp3) is 0.344. The number of nitrogens with one attached hydrogen (secondary N) is 2. The van der Waals surface area contributed by atoms with Gasteiger partial charge in [0.25, 0.3) is 11.8 Å². The Morgan fingerprint density at radius 1 is 0.933 bits per heavy atom. The van der Waals surface area contributed by atoms with Crippen molar-refractivity contribution < 1.29 is 46.5 Å². The van der Waals surface area contributed by atoms with Gasteiger partial charge in [0.15, 0.2) is 11.5 Å². The second-order valence-corrected chi connectivity index (χ2v) is 11.1. The van der Waals surface area contributed by atoms with Crippen molar-refractivity contribution in [1.82, 2.24) is 10.2 Å². The number of rotatable bonds is 6. The summed E-state index contributed by atoms with van der Waals surface area (Å²) in [6.07, 6.45) is -4.01. The molecule has 3 heterocycles. The number of ether oxygens (including phenoxy) is 4. The minimum Gasteiger partial charge on any atom is -0.490 e. The number of alkyl halides is 3. The van der Waals surface area contributed by atoms with Crippen LogP contribution in [-0.2, 0) is 22.3 Å². The van der Waals surface area contributed by atoms with E-state index in [9.17, 15) is 27.6 Å². The van der Waals surface area contributed by atoms with Gasteiger partial charge in [0.2, 0.25) is 12.7 Å². The molecule has 0 aliphatic carbocycles. The van der Waals surface area contributed by atoms with Crippen LogP contribution in [0.1, 0.15) is 51.1 Å². The average molecular weight is 626 g/mol. The van der Waals surface area contributed by atoms with Crippen LogP contribution >= 0.6 is 0 Å². The van der Waals surface area contributed by atoms with Crippen molar-refractivity contribution in [1.29, 1.82) is 0 Å². The molecule has 3 aliphatic heterocycles. The van der Waals surface area contributed by atoms with Gasteiger partial charge in [-0.1, -0.05) is 6.07 Å². The molecule has 3 amide bonds. The minimum absolute atomic E-state index is 0.0350. The number of likely N-dealkylation sites (N-methyl/N-ethyl adjacent to an activating group) is 1. The van der Waals surface area contributed by atoms with E-state index in [1.807, 2.05) is 12.1 Å². The normalized spacial score (nSPS) is 20.7. The van der Waals surface area contributed by atoms with E-state index < -0.39 is 23.8 Å². The molecule has 0 aromatic heterocycles. The Labute approximate surface area is 256 Å². The summed E-state index contributed by atoms with van der Waals surface area (Å²) in [5, 5.41) is 5.54. The first kappa shape index (κ1) is 30.3. The second kappa shape index (κ2) is 12.3. The number of carbonyl (C=O) groups is 3. The number of carbonyl (C=O) groups excluding carboxylic acids is 3. The third-order valence-corrected chi connectivity index (χ3v) is 8.08. The molecule has 2 N–H and O–H groups in total. The van der Waals surface area contributed by atoms with Crippen molar-refractivity contribution >= 4 is 23.4 Å². The highest BCUT2D eigenvalue weighted by molar-refractivity contribution is 6.05. The van der Waals surface area contributed by atoms with Gasteiger partial charge >= 0.3 is 6.18 Å². The number of nitrogens with zero attached hydrogens (tertiary/aromatic N) is 1. The quantitative estimate of drug-likeness (QED) is 0.406. The molecule has 1 fully saturated rings. The molecule has 3 aliphatic rings. The standard InChI is InChI=1S/C32H30F3N3O7/c1-38-24-9-8-22(14-29(39)36-15-18-2-10-26-27(12-18)44-17-43-26)45-28(24)16-42-25-11-7-21(13-23(25)31(38)41)37-30(40)19-3-5-20(6-4-19)32(33,34)35/h2-7,10-13,22,24,28H,8-9,14-17H2,1H3,(H,36,39)(H,37,40)/t22-,24-,28-/m1/s1. The molecular weight excluding hydrogens is 595 g/mol. The Morgan fingerprint density at radius 3 is 2.47 bits per heavy atom. The molecular formula is C32H30F3N3O7. The van der Waals surface area contributed by atoms with Crippen LogP contribution in [0.4, 0.5) is 18.9 Å². The average Bonchev–Trinajstić information content (AvgIpc) is 3.50. The Hall–Kier alpha value is -4.78. The minimum atomic E-state index is -4.51. The van der Waals surface area contributed by atoms with Crippen molar-refractivity contribution in [2.24, 2.45) is 0 Å². The van der Waals surface area contributed by atoms with Crippen molar-refractivity contribution in [3.63, 3.8) is 0 Å². The number of benzene rings is 3. The highest BCUT2D eigenvalue weighted by atomic mass is 19.4. The molecule has 0 unspecified atom stereocenters. The summed E-state index contributed by atoms with van der Waals surface area (Å²) in [6, 6.07) is 13.6. The first-order valence-electron chi connectivity index (χ1n) is 14.4. The summed E-state index contributed by atoms with van der Waals surface area (Å²) in [7, 11) is 1.67. The highest BCUT2D eigenvalue weighted by Crippen LogP contribution is 2.34. The van der Waals surface area contributed by atoms with Gasteiger partial charge < -0.3 is 34.5 Å². The maximum absolute atomic E-state index is 13.5. The predicted molar refractivity (Wildman–Crippen MR) is 154 cm³/mol. The Balaban J connectivity index is 1.06. The molecule has 236 valence electrons. The van der Waals surface area contributed by atoms with E-state index in [2.05, 4.69) is 10.6 Å². The maximum Gasteiger partial charge on any atom is 0.416 e. The third kappa shape index (κ3) is 6.68. The molecule has 0 radical (unpaired) electrons. The molecule has 3 atom stereocenters. The fourth-order valence-electron chi connectivity index (χ4n) is 5.65. The van der Waals surface area contributed by atoms with E-state index in [4.69, 9.17) is 18.9 Å². The summed E-state index contributed by atoms with van der Waals surface area (Å²) < 4.78 is 61.5. The summed E-state index contributed by atoms with van der Waals surface area (Å²) in [4.78, 5) is 40.5. The zero-order chi connectivity index (χ0) is 31.7. The SMILES string of the molecule is CN1C(=O)c2cc(NC(=O)c3ccc(C(F)(F)F)cc3)ccc2OC[C@H]2O[C@@H](CC(=O)NCc3ccc4c(c3)OCO4)CC[C@H]21. The van der Waals surface area contributed by atoms with E-state index in [-0.39, 0.29) is 60.6 Å². The molecule has 6 rings (SSSR count). The number of hydrogen-bond donors (Lipinski definition) is 2. The van der Waals surface area contributed by atoms with Gasteiger partial charge in [-0.05, 0) is 73.0 Å². The molecule has 1 saturated heterocycles. The molecule has 10 nitrogen and oxygen atoms in total. The van der Waals surface area contributed by atoms with Crippen molar-refractivity contribution in [3.8, 4) is 17.2 Å². The first-order chi connectivity index (χ1) is 21.5. The zero-order valence-corrected chi connectivity index (χ0v) is 24.2. The lowest BCUT2D eigenvalue weighted by atomic mass is 9.94. The number of fused-ring (bicyclic) bond motifs is 3. The number of anilines is 1. The Kier molecular flexibility index (Phi) is 8.28. The van der Waals surface area contributed by atoms with E-state index in [1.54, 1.807) is 30.1 Å². The van der Waals surface area contributed by atoms with Crippen LogP contribution in [0.3, 0.4) is 0 Å². The largest absolute Gasteiger partial charge is 0.490 e. The Morgan fingerprint density at radius 2 is 1.69 bits per heavy atom. The van der Waals surface area contributed by atoms with Gasteiger partial charge in [-0.15, -0.1) is 0 Å². The smallest absolute Gasteiger partial charge is 0.416 e. The van der Waals surface area contributed by atoms with Crippen LogP contribution in [0.15, 0.2) is 60.7 Å². The number of halogens is 3. The van der Waals surface area contributed by atoms with Crippen molar-refractivity contribution in [2.45, 2.75) is 50.2 Å². The van der Waals surface area contributed by atoms with Crippen LogP contribution < -0.4 is 24.8 Å². The lowest BCUT2D eigenvalue weighted by molar-refractivity contribution is -0.137. The first-order valence-corrected chi connectivity index (χ1v) is 14.4. The van der Waals surface area contributed by atoms with Gasteiger partial charge in [-0.3, -0.25) is 14.4 Å². The van der Waals surface area contributed by atoms with Crippen molar-refractivity contribution in [2.75, 3.05) is 25.8 Å². The summed E-state index contributed by atoms with van der Waals surface area (Å²) in [6.45, 7) is 0.649. The predicted octanol–water partition coefficient (Wildman–Crippen LogP) is 4.77. The van der Waals surface area contributed by atoms with Crippen LogP contribution in [0.5, 0.6) is 17.2 Å². The van der Waals surface area contributed by atoms with Gasteiger partial charge in [0.1, 0.15) is 18.5 Å². The van der Waals surface area contributed by atoms with Gasteiger partial charge in [0.05, 0.1) is 29.7 Å². The molecule has 0 bridgehead atoms. The van der Waals surface area contributed by atoms with Crippen LogP contribution in [0.2, 0.25) is 0 Å². The second-order valence-electron chi connectivity index (χ2n) is 11.1. The zero-order valence-electron chi connectivity index (χ0n) is 24.2. The van der Waals surface area contributed by atoms with Crippen molar-refractivity contribution in [3.05, 3.63) is 82.9 Å². The lowest BCUT2D eigenvalue weighted by Gasteiger charge is -2.42. The Bertz CT molecular complexity index is 1610. The third-order valence-electron chi connectivity index (χ3n) is 8.08. The topological polar surface area (TPSA) is 115 Å². The molecule has 0 saturated carbocycles. The lowest BCUT2D eigenvalue weighted by Crippen LogP contribution is -2.53. The maximum atomic E-state index is 13.5. The molecule has 0 spiro atoms. The van der Waals surface area contributed by atoms with E-state index in [1.165, 1.54) is 6.07 Å². The summed E-state index contributed by atoms with van der Waals surface area (Å²) in [5.74, 6) is 0.490. The highest BCUT2D eigenvalue weighted by Gasteiger charge is 2.39. The van der Waals surface area contributed by atoms with Gasteiger partial charge in [0, 0.05) is 24.8 Å². The summed E-state index contributed by atoms with van der Waals surface area (Å²) in [5.41, 5.74) is 0.571. The van der Waals surface area contributed by atoms with E-state index in [0.29, 0.717) is 36.6 Å². The number of hydrogen-bond acceptors (Lipinski definition) is 7. The molecule has 13 heteroatoms. The molecule has 45 heavy (non-hydrogen) atoms. The van der Waals surface area contributed by atoms with Gasteiger partial charge in [-0.25, -0.2) is 0 Å². The molecule has 3 aromatic rings. The fourth-order valence-corrected chi connectivity index (χ4v) is 5.65. The monoisotopic (exact) mass is 625 g/mol. The van der Waals surface area contributed by atoms with E-state index in [0.717, 1.165) is 29.8 Å².